The Kier molecular flexibility index (Phi) is 4.93. The number of nitrogens with zero attached hydrogens (tertiary/aromatic N) is 2. The van der Waals surface area contributed by atoms with Crippen LogP contribution in [0.4, 0.5) is 4.39 Å². The number of hydrogen-bond donors (Lipinski definition) is 0. The largest absolute Gasteiger partial charge is 0.353 e. The summed E-state index contributed by atoms with van der Waals surface area (Å²) in [5, 5.41) is 0. The predicted molar refractivity (Wildman–Crippen MR) is 98.5 cm³/mol. The number of amides is 2. The Morgan fingerprint density at radius 1 is 1.15 bits per heavy atom. The molecule has 1 atom stereocenters. The molecular weight excluding hydrogens is 347 g/mol. The lowest BCUT2D eigenvalue weighted by Crippen LogP contribution is -2.57. The monoisotopic (exact) mass is 374 g/mol. The minimum atomic E-state index is -0.786. The Morgan fingerprint density at radius 2 is 1.81 bits per heavy atom. The Labute approximate surface area is 159 Å². The first kappa shape index (κ1) is 18.4. The van der Waals surface area contributed by atoms with E-state index in [0.717, 1.165) is 38.8 Å². The predicted octanol–water partition coefficient (Wildman–Crippen LogP) is 3.20. The third-order valence-corrected chi connectivity index (χ3v) is 6.34. The summed E-state index contributed by atoms with van der Waals surface area (Å²) in [5.41, 5.74) is -0.772. The van der Waals surface area contributed by atoms with E-state index in [1.54, 1.807) is 17.0 Å². The molecule has 1 aromatic carbocycles. The summed E-state index contributed by atoms with van der Waals surface area (Å²) < 4.78 is 20.5. The fourth-order valence-corrected chi connectivity index (χ4v) is 4.68. The van der Waals surface area contributed by atoms with Gasteiger partial charge < -0.3 is 9.64 Å². The van der Waals surface area contributed by atoms with Crippen molar-refractivity contribution >= 4 is 11.8 Å². The van der Waals surface area contributed by atoms with Gasteiger partial charge in [0, 0.05) is 13.1 Å². The Hall–Kier alpha value is -1.95. The highest BCUT2D eigenvalue weighted by Crippen LogP contribution is 2.43. The average molecular weight is 374 g/mol. The van der Waals surface area contributed by atoms with Crippen LogP contribution in [0.25, 0.3) is 0 Å². The van der Waals surface area contributed by atoms with Gasteiger partial charge in [-0.3, -0.25) is 14.5 Å². The van der Waals surface area contributed by atoms with Gasteiger partial charge >= 0.3 is 0 Å². The maximum atomic E-state index is 14.4. The van der Waals surface area contributed by atoms with Gasteiger partial charge in [0.05, 0.1) is 12.2 Å². The summed E-state index contributed by atoms with van der Waals surface area (Å²) in [7, 11) is 0. The van der Waals surface area contributed by atoms with E-state index in [2.05, 4.69) is 6.92 Å². The molecule has 3 fully saturated rings. The molecule has 0 radical (unpaired) electrons. The van der Waals surface area contributed by atoms with Crippen LogP contribution < -0.4 is 0 Å². The molecule has 3 aliphatic rings. The Balaban J connectivity index is 1.68. The number of halogens is 1. The summed E-state index contributed by atoms with van der Waals surface area (Å²) in [6.07, 6.45) is 5.24. The maximum absolute atomic E-state index is 14.4. The quantitative estimate of drug-likeness (QED) is 0.799. The molecule has 2 aliphatic heterocycles. The third-order valence-electron chi connectivity index (χ3n) is 6.34. The number of rotatable bonds is 2. The van der Waals surface area contributed by atoms with Crippen molar-refractivity contribution in [1.29, 1.82) is 0 Å². The van der Waals surface area contributed by atoms with Gasteiger partial charge in [-0.15, -0.1) is 0 Å². The number of hydrogen-bond acceptors (Lipinski definition) is 3. The fraction of sp³-hybridized carbons (Fsp3) is 0.619. The van der Waals surface area contributed by atoms with Crippen LogP contribution in [0, 0.1) is 11.7 Å². The molecule has 0 bridgehead atoms. The van der Waals surface area contributed by atoms with Gasteiger partial charge in [-0.25, -0.2) is 4.39 Å². The molecule has 4 rings (SSSR count). The number of benzene rings is 1. The van der Waals surface area contributed by atoms with Gasteiger partial charge in [-0.05, 0) is 56.6 Å². The number of likely N-dealkylation sites (tertiary alicyclic amines) is 1. The minimum Gasteiger partial charge on any atom is -0.353 e. The number of carbonyl (C=O) groups is 2. The fourth-order valence-electron chi connectivity index (χ4n) is 4.68. The molecule has 6 heteroatoms. The zero-order chi connectivity index (χ0) is 19.0. The van der Waals surface area contributed by atoms with Gasteiger partial charge in [-0.2, -0.15) is 0 Å². The molecule has 0 aromatic heterocycles. The van der Waals surface area contributed by atoms with Crippen molar-refractivity contribution in [1.82, 2.24) is 9.80 Å². The van der Waals surface area contributed by atoms with E-state index in [1.807, 2.05) is 4.90 Å². The van der Waals surface area contributed by atoms with E-state index in [-0.39, 0.29) is 18.1 Å². The third kappa shape index (κ3) is 3.24. The van der Waals surface area contributed by atoms with Crippen molar-refractivity contribution in [3.63, 3.8) is 0 Å². The lowest BCUT2D eigenvalue weighted by molar-refractivity contribution is -0.136. The molecule has 2 saturated heterocycles. The first-order valence-corrected chi connectivity index (χ1v) is 10.0. The van der Waals surface area contributed by atoms with E-state index in [9.17, 15) is 14.0 Å². The van der Waals surface area contributed by atoms with Crippen molar-refractivity contribution < 1.29 is 18.7 Å². The molecule has 27 heavy (non-hydrogen) atoms. The van der Waals surface area contributed by atoms with Crippen molar-refractivity contribution in [2.75, 3.05) is 19.7 Å². The van der Waals surface area contributed by atoms with Crippen molar-refractivity contribution in [3.8, 4) is 0 Å². The smallest absolute Gasteiger partial charge is 0.259 e. The zero-order valence-electron chi connectivity index (χ0n) is 15.8. The second-order valence-electron chi connectivity index (χ2n) is 8.14. The van der Waals surface area contributed by atoms with Gasteiger partial charge in [0.1, 0.15) is 17.6 Å². The van der Waals surface area contributed by atoms with E-state index in [1.165, 1.54) is 12.1 Å². The molecule has 0 unspecified atom stereocenters. The highest BCUT2D eigenvalue weighted by molar-refractivity contribution is 5.98. The van der Waals surface area contributed by atoms with Crippen LogP contribution in [-0.4, -0.2) is 53.1 Å². The van der Waals surface area contributed by atoms with E-state index >= 15 is 0 Å². The summed E-state index contributed by atoms with van der Waals surface area (Å²) >= 11 is 0. The second kappa shape index (κ2) is 7.23. The Morgan fingerprint density at radius 3 is 2.48 bits per heavy atom. The molecule has 1 aliphatic carbocycles. The number of ether oxygens (including phenoxy) is 1. The molecule has 1 spiro atoms. The summed E-state index contributed by atoms with van der Waals surface area (Å²) in [6, 6.07) is 5.34. The molecule has 1 saturated carbocycles. The molecule has 2 heterocycles. The molecule has 0 N–H and O–H groups in total. The summed E-state index contributed by atoms with van der Waals surface area (Å²) in [5.74, 6) is -0.482. The normalized spacial score (nSPS) is 30.9. The van der Waals surface area contributed by atoms with Crippen LogP contribution in [-0.2, 0) is 9.53 Å². The summed E-state index contributed by atoms with van der Waals surface area (Å²) in [6.45, 7) is 3.84. The molecule has 2 amide bonds. The first-order valence-electron chi connectivity index (χ1n) is 10.0. The van der Waals surface area contributed by atoms with E-state index in [4.69, 9.17) is 4.74 Å². The topological polar surface area (TPSA) is 49.9 Å². The Bertz CT molecular complexity index is 724. The van der Waals surface area contributed by atoms with Crippen LogP contribution in [0.2, 0.25) is 0 Å². The maximum Gasteiger partial charge on any atom is 0.259 e. The van der Waals surface area contributed by atoms with Gasteiger partial charge in [0.25, 0.3) is 5.91 Å². The molecule has 5 nitrogen and oxygen atoms in total. The van der Waals surface area contributed by atoms with Crippen LogP contribution in [0.5, 0.6) is 0 Å². The summed E-state index contributed by atoms with van der Waals surface area (Å²) in [4.78, 5) is 29.9. The molecular formula is C21H27FN2O3. The zero-order valence-corrected chi connectivity index (χ0v) is 15.8. The number of carbonyl (C=O) groups excluding carboxylic acids is 2. The average Bonchev–Trinajstić information content (AvgIpc) is 3.32. The molecule has 1 aromatic rings. The van der Waals surface area contributed by atoms with Crippen molar-refractivity contribution in [3.05, 3.63) is 35.6 Å². The van der Waals surface area contributed by atoms with Gasteiger partial charge in [0.15, 0.2) is 0 Å². The van der Waals surface area contributed by atoms with Crippen molar-refractivity contribution in [2.24, 2.45) is 5.92 Å². The highest BCUT2D eigenvalue weighted by atomic mass is 19.1. The van der Waals surface area contributed by atoms with Gasteiger partial charge in [-0.1, -0.05) is 19.1 Å². The van der Waals surface area contributed by atoms with Crippen molar-refractivity contribution in [2.45, 2.75) is 57.2 Å². The lowest BCUT2D eigenvalue weighted by atomic mass is 9.83. The van der Waals surface area contributed by atoms with Crippen LogP contribution in [0.15, 0.2) is 24.3 Å². The van der Waals surface area contributed by atoms with Crippen LogP contribution in [0.3, 0.4) is 0 Å². The standard InChI is InChI=1S/C21H27FN2O3/c1-15-8-10-21(11-9-15)24(19(25)16-6-2-3-7-17(16)22)18(14-27-21)20(26)23-12-4-5-13-23/h2-3,6-7,15,18H,4-5,8-14H2,1H3/t15?,18-,21?/m1/s1. The minimum absolute atomic E-state index is 0.0141. The molecule has 146 valence electrons. The highest BCUT2D eigenvalue weighted by Gasteiger charge is 2.54. The second-order valence-corrected chi connectivity index (χ2v) is 8.14. The van der Waals surface area contributed by atoms with E-state index in [0.29, 0.717) is 18.8 Å². The van der Waals surface area contributed by atoms with Gasteiger partial charge in [0.2, 0.25) is 5.91 Å². The van der Waals surface area contributed by atoms with Crippen LogP contribution in [0.1, 0.15) is 55.8 Å². The SMILES string of the molecule is CC1CCC2(CC1)OC[C@H](C(=O)N1CCCC1)N2C(=O)c1ccccc1F. The first-order chi connectivity index (χ1) is 13.0. The van der Waals surface area contributed by atoms with Crippen LogP contribution >= 0.6 is 0 Å². The van der Waals surface area contributed by atoms with E-state index < -0.39 is 23.5 Å². The lowest BCUT2D eigenvalue weighted by Gasteiger charge is -2.43.